The van der Waals surface area contributed by atoms with E-state index in [0.29, 0.717) is 27.2 Å². The summed E-state index contributed by atoms with van der Waals surface area (Å²) in [5, 5.41) is 2.42. The van der Waals surface area contributed by atoms with Crippen LogP contribution in [0.5, 0.6) is 0 Å². The zero-order chi connectivity index (χ0) is 25.9. The third kappa shape index (κ3) is 3.75. The van der Waals surface area contributed by atoms with Crippen LogP contribution in [-0.4, -0.2) is 27.7 Å². The molecule has 3 heterocycles. The number of carbonyl (C=O) groups excluding carboxylic acids is 2. The van der Waals surface area contributed by atoms with Gasteiger partial charge in [0.1, 0.15) is 11.1 Å². The van der Waals surface area contributed by atoms with Gasteiger partial charge in [-0.25, -0.2) is 9.38 Å². The Morgan fingerprint density at radius 2 is 1.73 bits per heavy atom. The number of para-hydroxylation sites is 3. The number of anilines is 2. The summed E-state index contributed by atoms with van der Waals surface area (Å²) in [6.45, 7) is -0.449. The molecular weight excluding hydrogens is 505 g/mol. The standard InChI is InChI=1S/C26H15F3N4O3S/c27-26(28,29)14-6-5-7-15(12-14)30-20(34)13-32-18-10-3-1-8-16(18)21(23(32)35)22-24(36)33-19-11-4-2-9-17(19)31-25(33)37-22/h1-12H,13H2,(H,30,34)/b22-21+. The number of carbonyl (C=O) groups is 2. The molecule has 0 saturated carbocycles. The molecule has 0 saturated heterocycles. The smallest absolute Gasteiger partial charge is 0.325 e. The van der Waals surface area contributed by atoms with Crippen molar-refractivity contribution in [1.29, 1.82) is 0 Å². The summed E-state index contributed by atoms with van der Waals surface area (Å²) in [6.07, 6.45) is -4.56. The predicted octanol–water partition coefficient (Wildman–Crippen LogP) is 3.83. The van der Waals surface area contributed by atoms with Crippen LogP contribution in [0.1, 0.15) is 11.1 Å². The normalized spacial score (nSPS) is 15.0. The zero-order valence-corrected chi connectivity index (χ0v) is 19.6. The van der Waals surface area contributed by atoms with Crippen molar-refractivity contribution in [3.05, 3.63) is 98.8 Å². The number of aromatic nitrogens is 2. The maximum Gasteiger partial charge on any atom is 0.416 e. The van der Waals surface area contributed by atoms with E-state index < -0.39 is 30.1 Å². The van der Waals surface area contributed by atoms with E-state index in [1.165, 1.54) is 21.4 Å². The Hall–Kier alpha value is -4.51. The average molecular weight is 520 g/mol. The fourth-order valence-electron chi connectivity index (χ4n) is 4.44. The molecule has 1 aliphatic heterocycles. The van der Waals surface area contributed by atoms with E-state index in [1.807, 2.05) is 6.07 Å². The molecule has 11 heteroatoms. The molecule has 0 unspecified atom stereocenters. The van der Waals surface area contributed by atoms with Crippen molar-refractivity contribution in [2.45, 2.75) is 6.18 Å². The number of nitrogens with zero attached hydrogens (tertiary/aromatic N) is 3. The van der Waals surface area contributed by atoms with Crippen LogP contribution in [0, 0.1) is 0 Å². The molecular formula is C26H15F3N4O3S. The van der Waals surface area contributed by atoms with Crippen molar-refractivity contribution >= 4 is 56.1 Å². The molecule has 3 aromatic carbocycles. The van der Waals surface area contributed by atoms with E-state index in [1.54, 1.807) is 42.5 Å². The Bertz CT molecular complexity index is 1860. The van der Waals surface area contributed by atoms with Gasteiger partial charge >= 0.3 is 6.18 Å². The molecule has 184 valence electrons. The molecule has 0 radical (unpaired) electrons. The molecule has 6 rings (SSSR count). The quantitative estimate of drug-likeness (QED) is 0.392. The van der Waals surface area contributed by atoms with Crippen molar-refractivity contribution in [2.24, 2.45) is 0 Å². The number of alkyl halides is 3. The van der Waals surface area contributed by atoms with Gasteiger partial charge in [0.05, 0.1) is 27.9 Å². The first-order valence-electron chi connectivity index (χ1n) is 11.0. The Labute approximate surface area is 210 Å². The fourth-order valence-corrected chi connectivity index (χ4v) is 5.51. The lowest BCUT2D eigenvalue weighted by atomic mass is 10.1. The maximum absolute atomic E-state index is 13.5. The highest BCUT2D eigenvalue weighted by atomic mass is 32.1. The molecule has 0 aliphatic carbocycles. The molecule has 2 aromatic heterocycles. The first-order valence-corrected chi connectivity index (χ1v) is 11.9. The number of thiazole rings is 1. The Balaban J connectivity index is 1.39. The monoisotopic (exact) mass is 520 g/mol. The average Bonchev–Trinajstić information content (AvgIpc) is 3.47. The second-order valence-corrected chi connectivity index (χ2v) is 9.34. The number of hydrogen-bond donors (Lipinski definition) is 1. The second-order valence-electron chi connectivity index (χ2n) is 8.37. The predicted molar refractivity (Wildman–Crippen MR) is 133 cm³/mol. The molecule has 0 atom stereocenters. The zero-order valence-electron chi connectivity index (χ0n) is 18.7. The topological polar surface area (TPSA) is 83.8 Å². The molecule has 0 bridgehead atoms. The van der Waals surface area contributed by atoms with Crippen molar-refractivity contribution in [3.63, 3.8) is 0 Å². The third-order valence-corrected chi connectivity index (χ3v) is 7.09. The molecule has 1 aliphatic rings. The largest absolute Gasteiger partial charge is 0.416 e. The number of benzene rings is 3. The summed E-state index contributed by atoms with van der Waals surface area (Å²) in [5.74, 6) is -1.23. The van der Waals surface area contributed by atoms with Gasteiger partial charge in [0.25, 0.3) is 11.5 Å². The van der Waals surface area contributed by atoms with Crippen LogP contribution in [0.2, 0.25) is 0 Å². The minimum Gasteiger partial charge on any atom is -0.325 e. The number of fused-ring (bicyclic) bond motifs is 4. The highest BCUT2D eigenvalue weighted by Crippen LogP contribution is 2.35. The third-order valence-electron chi connectivity index (χ3n) is 6.05. The van der Waals surface area contributed by atoms with E-state index in [4.69, 9.17) is 0 Å². The van der Waals surface area contributed by atoms with Crippen molar-refractivity contribution < 1.29 is 22.8 Å². The van der Waals surface area contributed by atoms with Crippen LogP contribution < -0.4 is 20.3 Å². The number of hydrogen-bond acceptors (Lipinski definition) is 5. The lowest BCUT2D eigenvalue weighted by Gasteiger charge is -2.17. The Morgan fingerprint density at radius 1 is 0.973 bits per heavy atom. The van der Waals surface area contributed by atoms with Crippen LogP contribution in [0.3, 0.4) is 0 Å². The molecule has 1 N–H and O–H groups in total. The number of nitrogens with one attached hydrogen (secondary N) is 1. The molecule has 2 amide bonds. The van der Waals surface area contributed by atoms with Crippen molar-refractivity contribution in [1.82, 2.24) is 9.38 Å². The molecule has 7 nitrogen and oxygen atoms in total. The van der Waals surface area contributed by atoms with Crippen molar-refractivity contribution in [2.75, 3.05) is 16.8 Å². The second kappa shape index (κ2) is 8.27. The van der Waals surface area contributed by atoms with Crippen LogP contribution in [0.25, 0.3) is 21.6 Å². The molecule has 37 heavy (non-hydrogen) atoms. The van der Waals surface area contributed by atoms with Gasteiger partial charge in [-0.3, -0.25) is 19.3 Å². The summed E-state index contributed by atoms with van der Waals surface area (Å²) in [5.41, 5.74) is 1.03. The van der Waals surface area contributed by atoms with Gasteiger partial charge in [-0.15, -0.1) is 0 Å². The van der Waals surface area contributed by atoms with Crippen LogP contribution in [-0.2, 0) is 15.8 Å². The first-order chi connectivity index (χ1) is 17.7. The Kier molecular flexibility index (Phi) is 5.12. The van der Waals surface area contributed by atoms with Gasteiger partial charge in [0.2, 0.25) is 5.91 Å². The minimum absolute atomic E-state index is 0.0443. The van der Waals surface area contributed by atoms with Gasteiger partial charge in [-0.2, -0.15) is 13.2 Å². The lowest BCUT2D eigenvalue weighted by molar-refractivity contribution is -0.137. The highest BCUT2D eigenvalue weighted by Gasteiger charge is 2.35. The molecule has 0 spiro atoms. The maximum atomic E-state index is 13.5. The Morgan fingerprint density at radius 3 is 2.54 bits per heavy atom. The van der Waals surface area contributed by atoms with E-state index in [9.17, 15) is 27.6 Å². The van der Waals surface area contributed by atoms with Gasteiger partial charge < -0.3 is 5.32 Å². The van der Waals surface area contributed by atoms with Gasteiger partial charge in [-0.1, -0.05) is 47.7 Å². The van der Waals surface area contributed by atoms with E-state index in [0.717, 1.165) is 23.5 Å². The van der Waals surface area contributed by atoms with E-state index in [-0.39, 0.29) is 21.4 Å². The molecule has 5 aromatic rings. The van der Waals surface area contributed by atoms with Crippen LogP contribution in [0.4, 0.5) is 24.5 Å². The number of imidazole rings is 1. The fraction of sp³-hybridized carbons (Fsp3) is 0.0769. The van der Waals surface area contributed by atoms with Gasteiger partial charge in [0, 0.05) is 11.3 Å². The van der Waals surface area contributed by atoms with Gasteiger partial charge in [0.15, 0.2) is 4.96 Å². The summed E-state index contributed by atoms with van der Waals surface area (Å²) in [7, 11) is 0. The number of rotatable bonds is 3. The van der Waals surface area contributed by atoms with Crippen LogP contribution >= 0.6 is 11.3 Å². The SMILES string of the molecule is O=C(CN1C(=O)/C(=c2/sc3nc4ccccc4n3c2=O)c2ccccc21)Nc1cccc(C(F)(F)F)c1. The summed E-state index contributed by atoms with van der Waals surface area (Å²) in [6, 6.07) is 18.2. The number of amides is 2. The lowest BCUT2D eigenvalue weighted by Crippen LogP contribution is -2.37. The van der Waals surface area contributed by atoms with E-state index in [2.05, 4.69) is 10.3 Å². The summed E-state index contributed by atoms with van der Waals surface area (Å²) < 4.78 is 40.7. The highest BCUT2D eigenvalue weighted by molar-refractivity contribution is 7.15. The van der Waals surface area contributed by atoms with Crippen molar-refractivity contribution in [3.8, 4) is 0 Å². The molecule has 0 fully saturated rings. The van der Waals surface area contributed by atoms with Crippen LogP contribution in [0.15, 0.2) is 77.6 Å². The van der Waals surface area contributed by atoms with Gasteiger partial charge in [-0.05, 0) is 36.4 Å². The first kappa shape index (κ1) is 22.9. The van der Waals surface area contributed by atoms with E-state index >= 15 is 0 Å². The number of halogens is 3. The summed E-state index contributed by atoms with van der Waals surface area (Å²) >= 11 is 1.09. The minimum atomic E-state index is -4.56. The summed E-state index contributed by atoms with van der Waals surface area (Å²) in [4.78, 5) is 45.9.